The summed E-state index contributed by atoms with van der Waals surface area (Å²) in [6.07, 6.45) is 9.64. The topological polar surface area (TPSA) is 88.3 Å². The number of fused-ring (bicyclic) bond motifs is 1. The van der Waals surface area contributed by atoms with Gasteiger partial charge in [-0.15, -0.1) is 0 Å². The zero-order valence-corrected chi connectivity index (χ0v) is 23.0. The molecular weight excluding hydrogens is 476 g/mol. The number of amides is 1. The second kappa shape index (κ2) is 11.4. The van der Waals surface area contributed by atoms with Crippen LogP contribution in [0.5, 0.6) is 0 Å². The van der Waals surface area contributed by atoms with Crippen LogP contribution in [-0.2, 0) is 9.59 Å². The maximum absolute atomic E-state index is 13.4. The zero-order valence-electron chi connectivity index (χ0n) is 23.0. The van der Waals surface area contributed by atoms with Gasteiger partial charge in [0.2, 0.25) is 11.8 Å². The molecule has 1 aromatic carbocycles. The normalized spacial score (nSPS) is 19.5. The maximum atomic E-state index is 13.4. The minimum Gasteiger partial charge on any atom is -0.438 e. The highest BCUT2D eigenvalue weighted by Crippen LogP contribution is 2.59. The minimum atomic E-state index is -0.271. The Balaban J connectivity index is 1.28. The lowest BCUT2D eigenvalue weighted by atomic mass is 9.91. The fourth-order valence-corrected chi connectivity index (χ4v) is 5.85. The number of benzene rings is 1. The molecule has 1 aliphatic heterocycles. The van der Waals surface area contributed by atoms with Crippen molar-refractivity contribution >= 4 is 22.6 Å². The van der Waals surface area contributed by atoms with Crippen LogP contribution in [0, 0.1) is 18.3 Å². The van der Waals surface area contributed by atoms with Crippen LogP contribution in [0.2, 0.25) is 0 Å². The predicted octanol–water partition coefficient (Wildman–Crippen LogP) is 6.02. The number of nitrogens with one attached hydrogen (secondary N) is 1. The summed E-state index contributed by atoms with van der Waals surface area (Å²) in [5.41, 5.74) is 3.06. The van der Waals surface area contributed by atoms with E-state index >= 15 is 0 Å². The summed E-state index contributed by atoms with van der Waals surface area (Å²) in [6, 6.07) is 9.88. The van der Waals surface area contributed by atoms with Crippen LogP contribution in [-0.4, -0.2) is 46.7 Å². The Morgan fingerprint density at radius 1 is 1.16 bits per heavy atom. The third kappa shape index (κ3) is 5.98. The van der Waals surface area contributed by atoms with Crippen molar-refractivity contribution in [2.75, 3.05) is 20.1 Å². The molecule has 1 spiro atoms. The van der Waals surface area contributed by atoms with E-state index in [0.717, 1.165) is 80.2 Å². The van der Waals surface area contributed by atoms with Crippen LogP contribution in [0.4, 0.5) is 0 Å². The van der Waals surface area contributed by atoms with Crippen LogP contribution in [0.15, 0.2) is 40.9 Å². The van der Waals surface area contributed by atoms with E-state index in [4.69, 9.17) is 4.42 Å². The Bertz CT molecular complexity index is 1290. The number of nitrogens with zero attached hydrogens (tertiary/aromatic N) is 3. The van der Waals surface area contributed by atoms with Gasteiger partial charge >= 0.3 is 0 Å². The van der Waals surface area contributed by atoms with Gasteiger partial charge in [-0.2, -0.15) is 0 Å². The van der Waals surface area contributed by atoms with E-state index in [0.29, 0.717) is 30.3 Å². The molecule has 1 N–H and O–H groups in total. The number of carbonyl (C=O) groups excluding carboxylic acids is 2. The minimum absolute atomic E-state index is 0.0896. The van der Waals surface area contributed by atoms with Gasteiger partial charge in [-0.05, 0) is 88.8 Å². The van der Waals surface area contributed by atoms with E-state index in [1.54, 1.807) is 6.20 Å². The van der Waals surface area contributed by atoms with Gasteiger partial charge in [-0.3, -0.25) is 14.6 Å². The Morgan fingerprint density at radius 2 is 1.97 bits per heavy atom. The molecule has 7 heteroatoms. The van der Waals surface area contributed by atoms with Crippen LogP contribution in [0.3, 0.4) is 0 Å². The largest absolute Gasteiger partial charge is 0.438 e. The fraction of sp³-hybridized carbons (Fsp3) is 0.548. The number of hydrogen-bond acceptors (Lipinski definition) is 6. The molecule has 2 aliphatic rings. The summed E-state index contributed by atoms with van der Waals surface area (Å²) in [5, 5.41) is 4.35. The average Bonchev–Trinajstić information content (AvgIpc) is 3.40. The Labute approximate surface area is 225 Å². The first-order valence-electron chi connectivity index (χ1n) is 14.2. The van der Waals surface area contributed by atoms with E-state index < -0.39 is 0 Å². The van der Waals surface area contributed by atoms with Gasteiger partial charge in [0.05, 0.1) is 11.7 Å². The first kappa shape index (κ1) is 26.5. The number of pyridine rings is 1. The number of rotatable bonds is 11. The maximum Gasteiger partial charge on any atom is 0.224 e. The monoisotopic (exact) mass is 516 g/mol. The molecule has 3 aromatic rings. The van der Waals surface area contributed by atoms with E-state index in [2.05, 4.69) is 39.4 Å². The zero-order chi connectivity index (χ0) is 26.7. The molecule has 2 atom stereocenters. The molecule has 1 saturated carbocycles. The third-order valence-electron chi connectivity index (χ3n) is 8.58. The van der Waals surface area contributed by atoms with E-state index in [-0.39, 0.29) is 23.3 Å². The summed E-state index contributed by atoms with van der Waals surface area (Å²) in [7, 11) is 2.15. The fourth-order valence-electron chi connectivity index (χ4n) is 5.85. The lowest BCUT2D eigenvalue weighted by Crippen LogP contribution is -2.36. The van der Waals surface area contributed by atoms with Crippen LogP contribution >= 0.6 is 0 Å². The van der Waals surface area contributed by atoms with E-state index in [1.165, 1.54) is 0 Å². The summed E-state index contributed by atoms with van der Waals surface area (Å²) < 4.78 is 6.26. The molecule has 3 heterocycles. The van der Waals surface area contributed by atoms with E-state index in [1.807, 2.05) is 32.0 Å². The molecule has 7 nitrogen and oxygen atoms in total. The van der Waals surface area contributed by atoms with Gasteiger partial charge in [0, 0.05) is 35.4 Å². The molecule has 2 fully saturated rings. The number of aromatic nitrogens is 2. The van der Waals surface area contributed by atoms with Crippen molar-refractivity contribution in [1.82, 2.24) is 20.2 Å². The molecule has 1 saturated heterocycles. The SMILES string of the molecule is CCC(=O)CCCCC[C@H](NC(=O)[C@H]1CC12CCN(C)CC2)c1ncc(-c2ccc3nc(C)ccc3c2)o1. The molecule has 0 radical (unpaired) electrons. The first-order valence-corrected chi connectivity index (χ1v) is 14.2. The van der Waals surface area contributed by atoms with Crippen molar-refractivity contribution in [1.29, 1.82) is 0 Å². The van der Waals surface area contributed by atoms with Crippen molar-refractivity contribution in [2.24, 2.45) is 11.3 Å². The smallest absolute Gasteiger partial charge is 0.224 e. The molecular formula is C31H40N4O3. The average molecular weight is 517 g/mol. The molecule has 38 heavy (non-hydrogen) atoms. The highest BCUT2D eigenvalue weighted by molar-refractivity contribution is 5.84. The molecule has 0 bridgehead atoms. The van der Waals surface area contributed by atoms with Crippen molar-refractivity contribution in [2.45, 2.75) is 77.7 Å². The van der Waals surface area contributed by atoms with Crippen LogP contribution in [0.1, 0.15) is 82.3 Å². The summed E-state index contributed by atoms with van der Waals surface area (Å²) in [6.45, 7) is 6.03. The second-order valence-corrected chi connectivity index (χ2v) is 11.4. The molecule has 202 valence electrons. The Kier molecular flexibility index (Phi) is 7.93. The van der Waals surface area contributed by atoms with Gasteiger partial charge in [-0.25, -0.2) is 4.98 Å². The van der Waals surface area contributed by atoms with Crippen LogP contribution < -0.4 is 5.32 Å². The number of likely N-dealkylation sites (tertiary alicyclic amines) is 1. The van der Waals surface area contributed by atoms with Crippen molar-refractivity contribution < 1.29 is 14.0 Å². The number of Topliss-reactive ketones (excluding diaryl/α,β-unsaturated/α-hetero) is 1. The standard InChI is InChI=1S/C31H40N4O3/c1-4-24(36)8-6-5-7-9-27(34-29(37)25-19-31(25)14-16-35(3)17-15-31)30-32-20-28(38-30)23-12-13-26-22(18-23)11-10-21(2)33-26/h10-13,18,20,25,27H,4-9,14-17,19H2,1-3H3,(H,34,37)/t25-,27+/m1/s1. The highest BCUT2D eigenvalue weighted by Gasteiger charge is 2.58. The molecule has 0 unspecified atom stereocenters. The number of ketones is 1. The third-order valence-corrected chi connectivity index (χ3v) is 8.58. The number of unbranched alkanes of at least 4 members (excludes halogenated alkanes) is 2. The lowest BCUT2D eigenvalue weighted by Gasteiger charge is -2.30. The first-order chi connectivity index (χ1) is 18.4. The number of aryl methyl sites for hydroxylation is 1. The molecule has 2 aromatic heterocycles. The Morgan fingerprint density at radius 3 is 2.76 bits per heavy atom. The quantitative estimate of drug-likeness (QED) is 0.314. The number of oxazole rings is 1. The Hall–Kier alpha value is -3.06. The molecule has 1 aliphatic carbocycles. The van der Waals surface area contributed by atoms with E-state index in [9.17, 15) is 9.59 Å². The summed E-state index contributed by atoms with van der Waals surface area (Å²) >= 11 is 0. The molecule has 1 amide bonds. The highest BCUT2D eigenvalue weighted by atomic mass is 16.4. The van der Waals surface area contributed by atoms with Gasteiger partial charge in [-0.1, -0.05) is 25.8 Å². The van der Waals surface area contributed by atoms with Gasteiger partial charge in [0.1, 0.15) is 11.8 Å². The number of hydrogen-bond donors (Lipinski definition) is 1. The van der Waals surface area contributed by atoms with Gasteiger partial charge < -0.3 is 14.6 Å². The van der Waals surface area contributed by atoms with Gasteiger partial charge in [0.15, 0.2) is 5.76 Å². The number of carbonyl (C=O) groups is 2. The predicted molar refractivity (Wildman–Crippen MR) is 149 cm³/mol. The van der Waals surface area contributed by atoms with Crippen molar-refractivity contribution in [3.05, 3.63) is 48.1 Å². The van der Waals surface area contributed by atoms with Crippen LogP contribution in [0.25, 0.3) is 22.2 Å². The van der Waals surface area contributed by atoms with Gasteiger partial charge in [0.25, 0.3) is 0 Å². The summed E-state index contributed by atoms with van der Waals surface area (Å²) in [4.78, 5) is 36.6. The second-order valence-electron chi connectivity index (χ2n) is 11.4. The molecule has 5 rings (SSSR count). The number of piperidine rings is 1. The van der Waals surface area contributed by atoms with Crippen molar-refractivity contribution in [3.63, 3.8) is 0 Å². The summed E-state index contributed by atoms with van der Waals surface area (Å²) in [5.74, 6) is 1.77. The lowest BCUT2D eigenvalue weighted by molar-refractivity contribution is -0.124. The van der Waals surface area contributed by atoms with Crippen molar-refractivity contribution in [3.8, 4) is 11.3 Å².